The molecular formula is C10H17NO2S. The van der Waals surface area contributed by atoms with E-state index >= 15 is 0 Å². The Morgan fingerprint density at radius 3 is 2.64 bits per heavy atom. The summed E-state index contributed by atoms with van der Waals surface area (Å²) in [4.78, 5) is 1.13. The van der Waals surface area contributed by atoms with E-state index in [-0.39, 0.29) is 6.04 Å². The molecule has 4 heteroatoms. The normalized spacial score (nSPS) is 12.9. The van der Waals surface area contributed by atoms with Gasteiger partial charge < -0.3 is 15.2 Å². The van der Waals surface area contributed by atoms with E-state index in [1.807, 2.05) is 0 Å². The lowest BCUT2D eigenvalue weighted by atomic mass is 10.2. The maximum atomic E-state index is 5.93. The SMILES string of the molecule is CCc1cc(C(N)COC)sc1OC. The van der Waals surface area contributed by atoms with Crippen LogP contribution in [0.4, 0.5) is 0 Å². The van der Waals surface area contributed by atoms with Crippen molar-refractivity contribution in [1.29, 1.82) is 0 Å². The van der Waals surface area contributed by atoms with Crippen LogP contribution in [0.1, 0.15) is 23.4 Å². The molecule has 14 heavy (non-hydrogen) atoms. The van der Waals surface area contributed by atoms with Gasteiger partial charge in [-0.25, -0.2) is 0 Å². The molecule has 1 aromatic rings. The first-order valence-electron chi connectivity index (χ1n) is 4.64. The van der Waals surface area contributed by atoms with Crippen molar-refractivity contribution in [2.24, 2.45) is 5.73 Å². The summed E-state index contributed by atoms with van der Waals surface area (Å²) >= 11 is 1.60. The summed E-state index contributed by atoms with van der Waals surface area (Å²) in [7, 11) is 3.35. The minimum absolute atomic E-state index is 0.0424. The Morgan fingerprint density at radius 1 is 1.50 bits per heavy atom. The highest BCUT2D eigenvalue weighted by molar-refractivity contribution is 7.14. The predicted octanol–water partition coefficient (Wildman–Crippen LogP) is 1.97. The molecule has 0 aliphatic rings. The van der Waals surface area contributed by atoms with Crippen molar-refractivity contribution in [3.63, 3.8) is 0 Å². The molecule has 1 atom stereocenters. The van der Waals surface area contributed by atoms with Crippen molar-refractivity contribution < 1.29 is 9.47 Å². The smallest absolute Gasteiger partial charge is 0.176 e. The van der Waals surface area contributed by atoms with E-state index in [0.29, 0.717) is 6.61 Å². The van der Waals surface area contributed by atoms with Crippen molar-refractivity contribution in [1.82, 2.24) is 0 Å². The minimum Gasteiger partial charge on any atom is -0.487 e. The first-order chi connectivity index (χ1) is 6.72. The average molecular weight is 215 g/mol. The Morgan fingerprint density at radius 2 is 2.21 bits per heavy atom. The third-order valence-corrected chi connectivity index (χ3v) is 3.34. The van der Waals surface area contributed by atoms with Crippen LogP contribution in [0.15, 0.2) is 6.07 Å². The van der Waals surface area contributed by atoms with Crippen molar-refractivity contribution >= 4 is 11.3 Å². The molecule has 1 aromatic heterocycles. The molecule has 0 saturated heterocycles. The number of hydrogen-bond donors (Lipinski definition) is 1. The molecule has 1 heterocycles. The molecule has 2 N–H and O–H groups in total. The number of rotatable bonds is 5. The Kier molecular flexibility index (Phi) is 4.38. The lowest BCUT2D eigenvalue weighted by Gasteiger charge is -2.06. The highest BCUT2D eigenvalue weighted by Gasteiger charge is 2.13. The zero-order chi connectivity index (χ0) is 10.6. The monoisotopic (exact) mass is 215 g/mol. The molecule has 1 unspecified atom stereocenters. The van der Waals surface area contributed by atoms with Gasteiger partial charge in [0.15, 0.2) is 5.06 Å². The number of ether oxygens (including phenoxy) is 2. The van der Waals surface area contributed by atoms with Gasteiger partial charge in [-0.05, 0) is 12.5 Å². The van der Waals surface area contributed by atoms with E-state index in [1.54, 1.807) is 25.6 Å². The van der Waals surface area contributed by atoms with E-state index in [9.17, 15) is 0 Å². The summed E-state index contributed by atoms with van der Waals surface area (Å²) < 4.78 is 10.3. The fraction of sp³-hybridized carbons (Fsp3) is 0.600. The van der Waals surface area contributed by atoms with Crippen molar-refractivity contribution in [2.75, 3.05) is 20.8 Å². The third-order valence-electron chi connectivity index (χ3n) is 2.07. The zero-order valence-electron chi connectivity index (χ0n) is 8.87. The number of hydrogen-bond acceptors (Lipinski definition) is 4. The van der Waals surface area contributed by atoms with E-state index in [2.05, 4.69) is 13.0 Å². The summed E-state index contributed by atoms with van der Waals surface area (Å²) in [5.74, 6) is 0. The number of methoxy groups -OCH3 is 2. The van der Waals surface area contributed by atoms with Gasteiger partial charge in [0.2, 0.25) is 0 Å². The fourth-order valence-electron chi connectivity index (χ4n) is 1.30. The van der Waals surface area contributed by atoms with E-state index in [0.717, 1.165) is 16.4 Å². The molecular weight excluding hydrogens is 198 g/mol. The molecule has 80 valence electrons. The van der Waals surface area contributed by atoms with E-state index in [4.69, 9.17) is 15.2 Å². The molecule has 3 nitrogen and oxygen atoms in total. The molecule has 0 aromatic carbocycles. The number of nitrogens with two attached hydrogens (primary N) is 1. The summed E-state index contributed by atoms with van der Waals surface area (Å²) in [5, 5.41) is 0.967. The second-order valence-electron chi connectivity index (χ2n) is 3.08. The topological polar surface area (TPSA) is 44.5 Å². The van der Waals surface area contributed by atoms with Gasteiger partial charge in [0.1, 0.15) is 0 Å². The Bertz CT molecular complexity index is 264. The number of thiophene rings is 1. The lowest BCUT2D eigenvalue weighted by molar-refractivity contribution is 0.182. The van der Waals surface area contributed by atoms with Gasteiger partial charge in [-0.2, -0.15) is 0 Å². The van der Waals surface area contributed by atoms with Gasteiger partial charge in [0.25, 0.3) is 0 Å². The predicted molar refractivity (Wildman–Crippen MR) is 59.1 cm³/mol. The largest absolute Gasteiger partial charge is 0.487 e. The summed E-state index contributed by atoms with van der Waals surface area (Å²) in [6, 6.07) is 2.06. The molecule has 0 aliphatic carbocycles. The summed E-state index contributed by atoms with van der Waals surface area (Å²) in [6.07, 6.45) is 0.972. The molecule has 0 amide bonds. The van der Waals surface area contributed by atoms with Gasteiger partial charge in [0, 0.05) is 17.6 Å². The maximum Gasteiger partial charge on any atom is 0.176 e. The van der Waals surface area contributed by atoms with Crippen molar-refractivity contribution in [3.8, 4) is 5.06 Å². The van der Waals surface area contributed by atoms with Crippen LogP contribution in [0, 0.1) is 0 Å². The third kappa shape index (κ3) is 2.47. The van der Waals surface area contributed by atoms with Crippen LogP contribution in [-0.2, 0) is 11.2 Å². The van der Waals surface area contributed by atoms with Gasteiger partial charge in [-0.15, -0.1) is 11.3 Å². The Balaban J connectivity index is 2.83. The molecule has 1 rings (SSSR count). The van der Waals surface area contributed by atoms with Crippen LogP contribution in [0.25, 0.3) is 0 Å². The molecule has 0 fully saturated rings. The molecule has 0 aliphatic heterocycles. The molecule has 0 bridgehead atoms. The average Bonchev–Trinajstić information content (AvgIpc) is 2.61. The fourth-order valence-corrected chi connectivity index (χ4v) is 2.35. The minimum atomic E-state index is -0.0424. The van der Waals surface area contributed by atoms with Gasteiger partial charge in [-0.3, -0.25) is 0 Å². The van der Waals surface area contributed by atoms with Crippen molar-refractivity contribution in [2.45, 2.75) is 19.4 Å². The highest BCUT2D eigenvalue weighted by Crippen LogP contribution is 2.33. The van der Waals surface area contributed by atoms with Crippen LogP contribution >= 0.6 is 11.3 Å². The summed E-state index contributed by atoms with van der Waals surface area (Å²) in [5.41, 5.74) is 7.15. The Labute approximate surface area is 88.8 Å². The van der Waals surface area contributed by atoms with Gasteiger partial charge in [-0.1, -0.05) is 6.92 Å². The Hall–Kier alpha value is -0.580. The standard InChI is InChI=1S/C10H17NO2S/c1-4-7-5-9(8(11)6-12-2)14-10(7)13-3/h5,8H,4,6,11H2,1-3H3. The van der Waals surface area contributed by atoms with Gasteiger partial charge in [0.05, 0.1) is 19.8 Å². The van der Waals surface area contributed by atoms with Crippen LogP contribution in [0.3, 0.4) is 0 Å². The zero-order valence-corrected chi connectivity index (χ0v) is 9.69. The van der Waals surface area contributed by atoms with E-state index in [1.165, 1.54) is 5.56 Å². The molecule has 0 saturated carbocycles. The maximum absolute atomic E-state index is 5.93. The lowest BCUT2D eigenvalue weighted by Crippen LogP contribution is -2.14. The van der Waals surface area contributed by atoms with Crippen LogP contribution in [-0.4, -0.2) is 20.8 Å². The first-order valence-corrected chi connectivity index (χ1v) is 5.45. The van der Waals surface area contributed by atoms with Crippen LogP contribution in [0.5, 0.6) is 5.06 Å². The number of aryl methyl sites for hydroxylation is 1. The quantitative estimate of drug-likeness (QED) is 0.816. The van der Waals surface area contributed by atoms with Crippen LogP contribution in [0.2, 0.25) is 0 Å². The molecule has 0 radical (unpaired) electrons. The highest BCUT2D eigenvalue weighted by atomic mass is 32.1. The summed E-state index contributed by atoms with van der Waals surface area (Å²) in [6.45, 7) is 2.66. The van der Waals surface area contributed by atoms with Crippen molar-refractivity contribution in [3.05, 3.63) is 16.5 Å². The second kappa shape index (κ2) is 5.34. The van der Waals surface area contributed by atoms with Gasteiger partial charge >= 0.3 is 0 Å². The first kappa shape index (κ1) is 11.5. The van der Waals surface area contributed by atoms with E-state index < -0.39 is 0 Å². The van der Waals surface area contributed by atoms with Crippen LogP contribution < -0.4 is 10.5 Å². The second-order valence-corrected chi connectivity index (χ2v) is 4.13. The molecule has 0 spiro atoms.